The van der Waals surface area contributed by atoms with Crippen molar-refractivity contribution in [2.45, 2.75) is 44.9 Å². The number of aromatic amines is 1. The van der Waals surface area contributed by atoms with Crippen molar-refractivity contribution < 1.29 is 9.53 Å². The Morgan fingerprint density at radius 2 is 1.93 bits per heavy atom. The van der Waals surface area contributed by atoms with Crippen LogP contribution in [0.4, 0.5) is 0 Å². The zero-order chi connectivity index (χ0) is 21.6. The molecule has 0 aliphatic carbocycles. The van der Waals surface area contributed by atoms with E-state index in [0.29, 0.717) is 26.5 Å². The van der Waals surface area contributed by atoms with Gasteiger partial charge in [0.2, 0.25) is 0 Å². The van der Waals surface area contributed by atoms with Crippen LogP contribution in [0.15, 0.2) is 16.1 Å². The molecule has 0 fully saturated rings. The molecule has 1 unspecified atom stereocenters. The monoisotopic (exact) mass is 460 g/mol. The van der Waals surface area contributed by atoms with Gasteiger partial charge in [0.1, 0.15) is 31.7 Å². The molecule has 30 heavy (non-hydrogen) atoms. The van der Waals surface area contributed by atoms with E-state index in [1.165, 1.54) is 33.5 Å². The Bertz CT molecular complexity index is 1340. The highest BCUT2D eigenvalue weighted by atomic mass is 32.2. The van der Waals surface area contributed by atoms with E-state index >= 15 is 0 Å². The quantitative estimate of drug-likeness (QED) is 0.256. The van der Waals surface area contributed by atoms with Crippen LogP contribution in [-0.2, 0) is 4.74 Å². The van der Waals surface area contributed by atoms with E-state index in [1.807, 2.05) is 6.92 Å². The molecule has 0 aliphatic heterocycles. The fourth-order valence-electron chi connectivity index (χ4n) is 3.21. The van der Waals surface area contributed by atoms with Gasteiger partial charge in [0, 0.05) is 10.3 Å². The molecule has 0 aromatic carbocycles. The first-order valence-electron chi connectivity index (χ1n) is 9.39. The van der Waals surface area contributed by atoms with Crippen LogP contribution >= 0.6 is 34.4 Å². The van der Waals surface area contributed by atoms with Gasteiger partial charge in [-0.05, 0) is 45.7 Å². The van der Waals surface area contributed by atoms with E-state index < -0.39 is 5.97 Å². The number of fused-ring (bicyclic) bond motifs is 2. The average molecular weight is 461 g/mol. The number of thiophene rings is 2. The van der Waals surface area contributed by atoms with Gasteiger partial charge in [-0.15, -0.1) is 22.7 Å². The van der Waals surface area contributed by atoms with Gasteiger partial charge in [-0.3, -0.25) is 4.79 Å². The smallest absolute Gasteiger partial charge is 0.348 e. The summed E-state index contributed by atoms with van der Waals surface area (Å²) in [5.41, 5.74) is 1.54. The second-order valence-electron chi connectivity index (χ2n) is 6.81. The Morgan fingerprint density at radius 1 is 1.17 bits per heavy atom. The summed E-state index contributed by atoms with van der Waals surface area (Å²) in [6.45, 7) is 9.91. The van der Waals surface area contributed by atoms with Crippen molar-refractivity contribution >= 4 is 60.8 Å². The summed E-state index contributed by atoms with van der Waals surface area (Å²) in [5.74, 6) is 0.124. The van der Waals surface area contributed by atoms with Crippen molar-refractivity contribution in [3.8, 4) is 0 Å². The Balaban J connectivity index is 1.73. The highest BCUT2D eigenvalue weighted by molar-refractivity contribution is 7.99. The summed E-state index contributed by atoms with van der Waals surface area (Å²) in [6.07, 6.45) is 1.57. The van der Waals surface area contributed by atoms with Crippen molar-refractivity contribution in [3.05, 3.63) is 43.4 Å². The van der Waals surface area contributed by atoms with Gasteiger partial charge in [-0.25, -0.2) is 19.7 Å². The maximum Gasteiger partial charge on any atom is 0.348 e. The van der Waals surface area contributed by atoms with Crippen molar-refractivity contribution in [1.29, 1.82) is 0 Å². The summed E-state index contributed by atoms with van der Waals surface area (Å²) in [4.78, 5) is 44.5. The van der Waals surface area contributed by atoms with Gasteiger partial charge in [0.15, 0.2) is 0 Å². The number of esters is 1. The predicted octanol–water partition coefficient (Wildman–Crippen LogP) is 4.94. The number of thioether (sulfide) groups is 1. The van der Waals surface area contributed by atoms with Gasteiger partial charge in [-0.2, -0.15) is 0 Å². The molecule has 0 bridgehead atoms. The Morgan fingerprint density at radius 3 is 2.67 bits per heavy atom. The van der Waals surface area contributed by atoms with Crippen LogP contribution in [0.1, 0.15) is 50.6 Å². The molecule has 4 rings (SSSR count). The molecular formula is C20H20N4O3S3. The third-order valence-electron chi connectivity index (χ3n) is 4.88. The number of hydrogen-bond donors (Lipinski definition) is 1. The number of aromatic nitrogens is 4. The molecule has 7 nitrogen and oxygen atoms in total. The first kappa shape index (κ1) is 21.0. The van der Waals surface area contributed by atoms with Crippen LogP contribution in [-0.4, -0.2) is 32.5 Å². The van der Waals surface area contributed by atoms with Gasteiger partial charge < -0.3 is 9.72 Å². The minimum atomic E-state index is -0.423. The Hall–Kier alpha value is -2.30. The fraction of sp³-hybridized carbons (Fsp3) is 0.350. The first-order chi connectivity index (χ1) is 14.3. The third kappa shape index (κ3) is 3.52. The first-order valence-corrected chi connectivity index (χ1v) is 11.9. The number of hydrogen-bond acceptors (Lipinski definition) is 9. The molecule has 0 spiro atoms. The van der Waals surface area contributed by atoms with Gasteiger partial charge in [-0.1, -0.05) is 11.8 Å². The highest BCUT2D eigenvalue weighted by Gasteiger charge is 2.22. The molecule has 0 radical (unpaired) electrons. The summed E-state index contributed by atoms with van der Waals surface area (Å²) >= 11 is 4.38. The number of nitrogens with one attached hydrogen (secondary N) is 1. The predicted molar refractivity (Wildman–Crippen MR) is 122 cm³/mol. The lowest BCUT2D eigenvalue weighted by molar-refractivity contribution is 0.0531. The van der Waals surface area contributed by atoms with Gasteiger partial charge in [0.25, 0.3) is 5.56 Å². The van der Waals surface area contributed by atoms with Crippen LogP contribution in [0.2, 0.25) is 0 Å². The Kier molecular flexibility index (Phi) is 5.65. The van der Waals surface area contributed by atoms with Crippen LogP contribution in [0, 0.1) is 20.8 Å². The lowest BCUT2D eigenvalue weighted by atomic mass is 10.2. The van der Waals surface area contributed by atoms with Crippen molar-refractivity contribution in [1.82, 2.24) is 19.9 Å². The summed E-state index contributed by atoms with van der Waals surface area (Å²) in [6, 6.07) is 0. The number of aryl methyl sites for hydroxylation is 3. The normalized spacial score (nSPS) is 12.6. The second-order valence-corrected chi connectivity index (χ2v) is 10.3. The van der Waals surface area contributed by atoms with E-state index in [0.717, 1.165) is 15.2 Å². The molecule has 0 amide bonds. The molecule has 1 N–H and O–H groups in total. The molecular weight excluding hydrogens is 440 g/mol. The molecule has 4 aromatic heterocycles. The van der Waals surface area contributed by atoms with E-state index in [4.69, 9.17) is 4.74 Å². The molecule has 0 aliphatic rings. The maximum atomic E-state index is 12.8. The van der Waals surface area contributed by atoms with E-state index in [2.05, 4.69) is 33.8 Å². The van der Waals surface area contributed by atoms with Crippen molar-refractivity contribution in [2.24, 2.45) is 0 Å². The van der Waals surface area contributed by atoms with Gasteiger partial charge >= 0.3 is 5.97 Å². The van der Waals surface area contributed by atoms with E-state index in [-0.39, 0.29) is 17.4 Å². The number of nitrogens with zero attached hydrogens (tertiary/aromatic N) is 3. The zero-order valence-electron chi connectivity index (χ0n) is 17.2. The minimum absolute atomic E-state index is 0.145. The largest absolute Gasteiger partial charge is 0.462 e. The average Bonchev–Trinajstić information content (AvgIpc) is 3.19. The van der Waals surface area contributed by atoms with Gasteiger partial charge in [0.05, 0.1) is 17.2 Å². The van der Waals surface area contributed by atoms with Crippen LogP contribution in [0.25, 0.3) is 20.4 Å². The summed E-state index contributed by atoms with van der Waals surface area (Å²) in [5, 5.41) is 2.22. The lowest BCUT2D eigenvalue weighted by Gasteiger charge is -2.11. The molecule has 0 saturated carbocycles. The van der Waals surface area contributed by atoms with Crippen molar-refractivity contribution in [3.63, 3.8) is 0 Å². The molecule has 0 saturated heterocycles. The SMILES string of the molecule is CCOC(=O)c1sc2nc(C(C)Sc3ncnc4sc(C)c(C)c34)[nH]c(=O)c2c1C. The van der Waals surface area contributed by atoms with Crippen LogP contribution in [0.3, 0.4) is 0 Å². The Labute approximate surface area is 184 Å². The molecule has 156 valence electrons. The van der Waals surface area contributed by atoms with E-state index in [1.54, 1.807) is 31.5 Å². The summed E-state index contributed by atoms with van der Waals surface area (Å²) in [7, 11) is 0. The van der Waals surface area contributed by atoms with E-state index in [9.17, 15) is 9.59 Å². The van der Waals surface area contributed by atoms with Crippen molar-refractivity contribution in [2.75, 3.05) is 6.61 Å². The number of carbonyl (C=O) groups is 1. The number of carbonyl (C=O) groups excluding carboxylic acids is 1. The van der Waals surface area contributed by atoms with Crippen LogP contribution in [0.5, 0.6) is 0 Å². The number of H-pyrrole nitrogens is 1. The number of ether oxygens (including phenoxy) is 1. The highest BCUT2D eigenvalue weighted by Crippen LogP contribution is 2.40. The molecule has 4 aromatic rings. The fourth-order valence-corrected chi connectivity index (χ4v) is 6.38. The number of rotatable bonds is 5. The van der Waals surface area contributed by atoms with Crippen LogP contribution < -0.4 is 5.56 Å². The molecule has 4 heterocycles. The zero-order valence-corrected chi connectivity index (χ0v) is 19.6. The lowest BCUT2D eigenvalue weighted by Crippen LogP contribution is -2.13. The summed E-state index contributed by atoms with van der Waals surface area (Å²) < 4.78 is 5.10. The minimum Gasteiger partial charge on any atom is -0.462 e. The molecule has 10 heteroatoms. The standard InChI is InChI=1S/C20H20N4O3S3/c1-6-27-20(26)14-9(3)12-16(25)23-15(24-19(12)30-14)11(5)29-18-13-8(2)10(4)28-17(13)21-7-22-18/h7,11H,6H2,1-5H3,(H,23,24,25). The third-order valence-corrected chi connectivity index (χ3v) is 8.27. The second kappa shape index (κ2) is 8.09. The molecule has 1 atom stereocenters. The maximum absolute atomic E-state index is 12.8. The topological polar surface area (TPSA) is 97.8 Å².